The standard InChI is InChI=1S/C19H20ClN3O/c20-17-6-2-1-5-16(17)19(24)8-11-22(12-9-19)14-15-4-3-7-18-21-10-13-23(15)18/h1-7,10,13,24H,8-9,11-12,14H2. The minimum atomic E-state index is -0.824. The lowest BCUT2D eigenvalue weighted by atomic mass is 9.84. The molecule has 124 valence electrons. The van der Waals surface area contributed by atoms with E-state index in [0.717, 1.165) is 30.8 Å². The summed E-state index contributed by atoms with van der Waals surface area (Å²) in [6.07, 6.45) is 5.20. The fourth-order valence-electron chi connectivity index (χ4n) is 3.55. The largest absolute Gasteiger partial charge is 0.385 e. The molecule has 3 aromatic rings. The van der Waals surface area contributed by atoms with Gasteiger partial charge < -0.3 is 9.51 Å². The smallest absolute Gasteiger partial charge is 0.136 e. The van der Waals surface area contributed by atoms with Gasteiger partial charge in [0.2, 0.25) is 0 Å². The molecule has 4 rings (SSSR count). The Balaban J connectivity index is 1.48. The minimum Gasteiger partial charge on any atom is -0.385 e. The number of pyridine rings is 1. The molecule has 5 heteroatoms. The average molecular weight is 342 g/mol. The number of halogens is 1. The molecule has 1 N–H and O–H groups in total. The molecule has 1 aliphatic heterocycles. The van der Waals surface area contributed by atoms with Gasteiger partial charge in [-0.25, -0.2) is 4.98 Å². The number of aromatic nitrogens is 2. The summed E-state index contributed by atoms with van der Waals surface area (Å²) in [6, 6.07) is 13.8. The molecule has 1 aromatic carbocycles. The Morgan fingerprint density at radius 1 is 1.08 bits per heavy atom. The van der Waals surface area contributed by atoms with Crippen LogP contribution in [0.15, 0.2) is 54.9 Å². The van der Waals surface area contributed by atoms with Gasteiger partial charge in [0.05, 0.1) is 5.60 Å². The van der Waals surface area contributed by atoms with Gasteiger partial charge in [-0.3, -0.25) is 4.90 Å². The number of imidazole rings is 1. The van der Waals surface area contributed by atoms with Crippen molar-refractivity contribution < 1.29 is 5.11 Å². The van der Waals surface area contributed by atoms with Gasteiger partial charge in [0.25, 0.3) is 0 Å². The van der Waals surface area contributed by atoms with Gasteiger partial charge in [-0.1, -0.05) is 35.9 Å². The summed E-state index contributed by atoms with van der Waals surface area (Å²) in [5.41, 5.74) is 2.21. The second kappa shape index (κ2) is 6.20. The van der Waals surface area contributed by atoms with Crippen LogP contribution in [0.4, 0.5) is 0 Å². The SMILES string of the molecule is OC1(c2ccccc2Cl)CCN(Cc2cccc3nccn23)CC1. The van der Waals surface area contributed by atoms with Gasteiger partial charge >= 0.3 is 0 Å². The van der Waals surface area contributed by atoms with Crippen molar-refractivity contribution in [2.45, 2.75) is 25.0 Å². The van der Waals surface area contributed by atoms with Gasteiger partial charge in [0.1, 0.15) is 5.65 Å². The minimum absolute atomic E-state index is 0.650. The number of hydrogen-bond donors (Lipinski definition) is 1. The number of likely N-dealkylation sites (tertiary alicyclic amines) is 1. The van der Waals surface area contributed by atoms with Crippen LogP contribution in [0.1, 0.15) is 24.1 Å². The molecular weight excluding hydrogens is 322 g/mol. The first-order valence-corrected chi connectivity index (χ1v) is 8.64. The van der Waals surface area contributed by atoms with Crippen LogP contribution in [0.25, 0.3) is 5.65 Å². The molecular formula is C19H20ClN3O. The van der Waals surface area contributed by atoms with Crippen molar-refractivity contribution in [3.63, 3.8) is 0 Å². The summed E-state index contributed by atoms with van der Waals surface area (Å²) in [7, 11) is 0. The monoisotopic (exact) mass is 341 g/mol. The molecule has 1 saturated heterocycles. The summed E-state index contributed by atoms with van der Waals surface area (Å²) in [4.78, 5) is 6.71. The predicted octanol–water partition coefficient (Wildman–Crippen LogP) is 3.47. The van der Waals surface area contributed by atoms with E-state index in [1.165, 1.54) is 5.69 Å². The Kier molecular flexibility index (Phi) is 4.04. The second-order valence-electron chi connectivity index (χ2n) is 6.46. The van der Waals surface area contributed by atoms with Crippen molar-refractivity contribution in [1.82, 2.24) is 14.3 Å². The van der Waals surface area contributed by atoms with Crippen LogP contribution in [0.5, 0.6) is 0 Å². The van der Waals surface area contributed by atoms with E-state index in [1.807, 2.05) is 48.8 Å². The van der Waals surface area contributed by atoms with Crippen molar-refractivity contribution in [3.05, 3.63) is 71.1 Å². The number of nitrogens with zero attached hydrogens (tertiary/aromatic N) is 3. The highest BCUT2D eigenvalue weighted by Gasteiger charge is 2.35. The number of fused-ring (bicyclic) bond motifs is 1. The number of piperidine rings is 1. The summed E-state index contributed by atoms with van der Waals surface area (Å²) in [6.45, 7) is 2.53. The summed E-state index contributed by atoms with van der Waals surface area (Å²) < 4.78 is 2.12. The Morgan fingerprint density at radius 2 is 1.88 bits per heavy atom. The molecule has 24 heavy (non-hydrogen) atoms. The van der Waals surface area contributed by atoms with E-state index in [4.69, 9.17) is 11.6 Å². The maximum atomic E-state index is 11.0. The van der Waals surface area contributed by atoms with Crippen LogP contribution in [-0.4, -0.2) is 32.5 Å². The van der Waals surface area contributed by atoms with E-state index in [9.17, 15) is 5.11 Å². The van der Waals surface area contributed by atoms with Crippen molar-refractivity contribution in [1.29, 1.82) is 0 Å². The maximum absolute atomic E-state index is 11.0. The first-order valence-electron chi connectivity index (χ1n) is 8.26. The van der Waals surface area contributed by atoms with Crippen LogP contribution in [0.2, 0.25) is 5.02 Å². The fourth-order valence-corrected chi connectivity index (χ4v) is 3.87. The van der Waals surface area contributed by atoms with Gasteiger partial charge in [-0.15, -0.1) is 0 Å². The lowest BCUT2D eigenvalue weighted by Crippen LogP contribution is -2.42. The third-order valence-electron chi connectivity index (χ3n) is 4.96. The van der Waals surface area contributed by atoms with E-state index in [2.05, 4.69) is 20.4 Å². The zero-order chi connectivity index (χ0) is 16.6. The average Bonchev–Trinajstić information content (AvgIpc) is 3.07. The van der Waals surface area contributed by atoms with Crippen LogP contribution >= 0.6 is 11.6 Å². The summed E-state index contributed by atoms with van der Waals surface area (Å²) >= 11 is 6.28. The van der Waals surface area contributed by atoms with Crippen molar-refractivity contribution in [3.8, 4) is 0 Å². The van der Waals surface area contributed by atoms with Crippen LogP contribution in [0, 0.1) is 0 Å². The molecule has 0 radical (unpaired) electrons. The van der Waals surface area contributed by atoms with Crippen LogP contribution < -0.4 is 0 Å². The third-order valence-corrected chi connectivity index (χ3v) is 5.29. The molecule has 0 amide bonds. The zero-order valence-electron chi connectivity index (χ0n) is 13.4. The van der Waals surface area contributed by atoms with Crippen molar-refractivity contribution in [2.24, 2.45) is 0 Å². The van der Waals surface area contributed by atoms with Gasteiger partial charge in [-0.2, -0.15) is 0 Å². The highest BCUT2D eigenvalue weighted by molar-refractivity contribution is 6.31. The molecule has 0 unspecified atom stereocenters. The van der Waals surface area contributed by atoms with E-state index in [1.54, 1.807) is 0 Å². The normalized spacial score (nSPS) is 18.1. The van der Waals surface area contributed by atoms with Gasteiger partial charge in [-0.05, 0) is 31.0 Å². The van der Waals surface area contributed by atoms with Crippen molar-refractivity contribution >= 4 is 17.2 Å². The first kappa shape index (κ1) is 15.6. The quantitative estimate of drug-likeness (QED) is 0.793. The Morgan fingerprint density at radius 3 is 2.67 bits per heavy atom. The van der Waals surface area contributed by atoms with Crippen LogP contribution in [-0.2, 0) is 12.1 Å². The molecule has 0 spiro atoms. The number of hydrogen-bond acceptors (Lipinski definition) is 3. The summed E-state index contributed by atoms with van der Waals surface area (Å²) in [5.74, 6) is 0. The van der Waals surface area contributed by atoms with E-state index >= 15 is 0 Å². The molecule has 1 aliphatic rings. The first-order chi connectivity index (χ1) is 11.7. The fraction of sp³-hybridized carbons (Fsp3) is 0.316. The highest BCUT2D eigenvalue weighted by atomic mass is 35.5. The second-order valence-corrected chi connectivity index (χ2v) is 6.87. The topological polar surface area (TPSA) is 40.8 Å². The molecule has 0 saturated carbocycles. The van der Waals surface area contributed by atoms with Crippen molar-refractivity contribution in [2.75, 3.05) is 13.1 Å². The van der Waals surface area contributed by atoms with Crippen LogP contribution in [0.3, 0.4) is 0 Å². The lowest BCUT2D eigenvalue weighted by Gasteiger charge is -2.39. The number of benzene rings is 1. The zero-order valence-corrected chi connectivity index (χ0v) is 14.2. The Bertz CT molecular complexity index is 852. The molecule has 4 nitrogen and oxygen atoms in total. The third kappa shape index (κ3) is 2.81. The molecule has 1 fully saturated rings. The van der Waals surface area contributed by atoms with Gasteiger partial charge in [0, 0.05) is 48.3 Å². The summed E-state index contributed by atoms with van der Waals surface area (Å²) in [5, 5.41) is 11.7. The van der Waals surface area contributed by atoms with Gasteiger partial charge in [0.15, 0.2) is 0 Å². The maximum Gasteiger partial charge on any atom is 0.136 e. The molecule has 0 bridgehead atoms. The number of aliphatic hydroxyl groups is 1. The Hall–Kier alpha value is -1.88. The predicted molar refractivity (Wildman–Crippen MR) is 95.1 cm³/mol. The molecule has 3 heterocycles. The highest BCUT2D eigenvalue weighted by Crippen LogP contribution is 2.36. The molecule has 0 atom stereocenters. The van der Waals surface area contributed by atoms with E-state index < -0.39 is 5.60 Å². The van der Waals surface area contributed by atoms with E-state index in [-0.39, 0.29) is 0 Å². The lowest BCUT2D eigenvalue weighted by molar-refractivity contribution is -0.0279. The molecule has 0 aliphatic carbocycles. The van der Waals surface area contributed by atoms with E-state index in [0.29, 0.717) is 17.9 Å². The Labute approximate surface area is 146 Å². The molecule has 2 aromatic heterocycles. The number of rotatable bonds is 3.